The third kappa shape index (κ3) is 4.26. The van der Waals surface area contributed by atoms with Gasteiger partial charge < -0.3 is 5.32 Å². The van der Waals surface area contributed by atoms with E-state index in [0.29, 0.717) is 11.5 Å². The number of fused-ring (bicyclic) bond motifs is 1. The second kappa shape index (κ2) is 7.50. The van der Waals surface area contributed by atoms with Crippen LogP contribution >= 0.6 is 0 Å². The van der Waals surface area contributed by atoms with Gasteiger partial charge in [-0.15, -0.1) is 0 Å². The maximum atomic E-state index is 12.2. The topological polar surface area (TPSA) is 70.2 Å². The minimum Gasteiger partial charge on any atom is -0.334 e. The number of hydrazine groups is 1. The molecular weight excluding hydrogens is 338 g/mol. The number of carbonyl (C=O) groups is 2. The molecule has 3 amide bonds. The smallest absolute Gasteiger partial charge is 0.333 e. The van der Waals surface area contributed by atoms with Crippen molar-refractivity contribution in [3.05, 3.63) is 83.9 Å². The zero-order valence-electron chi connectivity index (χ0n) is 14.8. The number of benzene rings is 3. The highest BCUT2D eigenvalue weighted by Crippen LogP contribution is 2.33. The van der Waals surface area contributed by atoms with Crippen LogP contribution < -0.4 is 16.2 Å². The first kappa shape index (κ1) is 17.1. The zero-order valence-corrected chi connectivity index (χ0v) is 14.8. The van der Waals surface area contributed by atoms with Crippen molar-refractivity contribution in [2.75, 3.05) is 0 Å². The molecule has 1 aliphatic carbocycles. The van der Waals surface area contributed by atoms with Crippen molar-refractivity contribution in [2.24, 2.45) is 5.92 Å². The van der Waals surface area contributed by atoms with Crippen LogP contribution in [-0.4, -0.2) is 18.0 Å². The van der Waals surface area contributed by atoms with Gasteiger partial charge in [-0.3, -0.25) is 10.2 Å². The summed E-state index contributed by atoms with van der Waals surface area (Å²) in [6, 6.07) is 23.3. The molecule has 1 aliphatic rings. The number of hydrogen-bond acceptors (Lipinski definition) is 2. The Hall–Kier alpha value is -3.34. The van der Waals surface area contributed by atoms with E-state index in [-0.39, 0.29) is 18.0 Å². The van der Waals surface area contributed by atoms with Crippen LogP contribution in [-0.2, 0) is 6.42 Å². The fourth-order valence-corrected chi connectivity index (χ4v) is 3.29. The summed E-state index contributed by atoms with van der Waals surface area (Å²) in [6.07, 6.45) is 1.91. The summed E-state index contributed by atoms with van der Waals surface area (Å²) in [6.45, 7) is 0. The first-order chi connectivity index (χ1) is 13.2. The van der Waals surface area contributed by atoms with Crippen molar-refractivity contribution < 1.29 is 9.59 Å². The van der Waals surface area contributed by atoms with Gasteiger partial charge in [-0.1, -0.05) is 60.7 Å². The fraction of sp³-hybridized carbons (Fsp3) is 0.182. The Balaban J connectivity index is 1.25. The zero-order chi connectivity index (χ0) is 18.6. The van der Waals surface area contributed by atoms with E-state index in [1.54, 1.807) is 12.1 Å². The average molecular weight is 359 g/mol. The number of amides is 3. The Bertz CT molecular complexity index is 971. The summed E-state index contributed by atoms with van der Waals surface area (Å²) in [4.78, 5) is 24.2. The molecule has 0 aromatic heterocycles. The lowest BCUT2D eigenvalue weighted by atomic mass is 10.1. The summed E-state index contributed by atoms with van der Waals surface area (Å²) >= 11 is 0. The van der Waals surface area contributed by atoms with Gasteiger partial charge in [0.05, 0.1) is 0 Å². The highest BCUT2D eigenvalue weighted by molar-refractivity contribution is 5.99. The molecule has 0 radical (unpaired) electrons. The van der Waals surface area contributed by atoms with Crippen LogP contribution in [0, 0.1) is 5.92 Å². The van der Waals surface area contributed by atoms with Crippen molar-refractivity contribution in [2.45, 2.75) is 18.9 Å². The molecule has 27 heavy (non-hydrogen) atoms. The summed E-state index contributed by atoms with van der Waals surface area (Å²) in [5.41, 5.74) is 6.67. The molecule has 136 valence electrons. The number of rotatable bonds is 4. The second-order valence-electron chi connectivity index (χ2n) is 6.91. The van der Waals surface area contributed by atoms with Crippen molar-refractivity contribution in [1.29, 1.82) is 0 Å². The molecular formula is C22H21N3O2. The minimum absolute atomic E-state index is 0.155. The number of urea groups is 1. The van der Waals surface area contributed by atoms with Gasteiger partial charge in [0.25, 0.3) is 5.91 Å². The normalized spacial score (nSPS) is 17.9. The molecule has 2 atom stereocenters. The minimum atomic E-state index is -0.385. The molecule has 5 nitrogen and oxygen atoms in total. The standard InChI is InChI=1S/C22H21N3O2/c26-21(18-11-10-16-8-4-5-9-17(16)13-18)24-25-22(27)23-20-14-19(20)12-15-6-2-1-3-7-15/h1-11,13,19-20H,12,14H2,(H,24,26)(H2,23,25,27). The van der Waals surface area contributed by atoms with E-state index in [1.165, 1.54) is 5.56 Å². The fourth-order valence-electron chi connectivity index (χ4n) is 3.29. The third-order valence-corrected chi connectivity index (χ3v) is 4.88. The van der Waals surface area contributed by atoms with Crippen molar-refractivity contribution in [3.63, 3.8) is 0 Å². The van der Waals surface area contributed by atoms with Gasteiger partial charge in [-0.2, -0.15) is 0 Å². The summed E-state index contributed by atoms with van der Waals surface area (Å²) < 4.78 is 0. The van der Waals surface area contributed by atoms with E-state index >= 15 is 0 Å². The van der Waals surface area contributed by atoms with Gasteiger partial charge >= 0.3 is 6.03 Å². The van der Waals surface area contributed by atoms with Crippen molar-refractivity contribution >= 4 is 22.7 Å². The molecule has 0 heterocycles. The molecule has 0 saturated heterocycles. The highest BCUT2D eigenvalue weighted by atomic mass is 16.2. The molecule has 3 aromatic rings. The van der Waals surface area contributed by atoms with Gasteiger partial charge in [-0.25, -0.2) is 10.2 Å². The molecule has 3 N–H and O–H groups in total. The van der Waals surface area contributed by atoms with Crippen LogP contribution in [0.3, 0.4) is 0 Å². The van der Waals surface area contributed by atoms with Crippen LogP contribution in [0.25, 0.3) is 10.8 Å². The lowest BCUT2D eigenvalue weighted by molar-refractivity contribution is 0.0936. The van der Waals surface area contributed by atoms with E-state index in [1.807, 2.05) is 48.5 Å². The average Bonchev–Trinajstić information content (AvgIpc) is 3.43. The molecule has 0 spiro atoms. The Morgan fingerprint density at radius 1 is 0.852 bits per heavy atom. The molecule has 0 bridgehead atoms. The first-order valence-electron chi connectivity index (χ1n) is 9.08. The number of carbonyl (C=O) groups excluding carboxylic acids is 2. The first-order valence-corrected chi connectivity index (χ1v) is 9.08. The van der Waals surface area contributed by atoms with Crippen LogP contribution in [0.2, 0.25) is 0 Å². The Morgan fingerprint density at radius 2 is 1.59 bits per heavy atom. The molecule has 0 aliphatic heterocycles. The summed E-state index contributed by atoms with van der Waals surface area (Å²) in [7, 11) is 0. The molecule has 5 heteroatoms. The molecule has 1 fully saturated rings. The molecule has 2 unspecified atom stereocenters. The van der Waals surface area contributed by atoms with E-state index in [0.717, 1.165) is 23.6 Å². The summed E-state index contributed by atoms with van der Waals surface area (Å²) in [5, 5.41) is 4.95. The molecule has 3 aromatic carbocycles. The second-order valence-corrected chi connectivity index (χ2v) is 6.91. The lowest BCUT2D eigenvalue weighted by Gasteiger charge is -2.09. The van der Waals surface area contributed by atoms with Gasteiger partial charge in [-0.05, 0) is 47.2 Å². The van der Waals surface area contributed by atoms with Gasteiger partial charge in [0.15, 0.2) is 0 Å². The Labute approximate surface area is 157 Å². The quantitative estimate of drug-likeness (QED) is 0.625. The van der Waals surface area contributed by atoms with Crippen LogP contribution in [0.5, 0.6) is 0 Å². The third-order valence-electron chi connectivity index (χ3n) is 4.88. The predicted molar refractivity (Wildman–Crippen MR) is 105 cm³/mol. The molecule has 1 saturated carbocycles. The van der Waals surface area contributed by atoms with Crippen molar-refractivity contribution in [3.8, 4) is 0 Å². The maximum absolute atomic E-state index is 12.2. The largest absolute Gasteiger partial charge is 0.334 e. The predicted octanol–water partition coefficient (Wildman–Crippen LogP) is 3.42. The Kier molecular flexibility index (Phi) is 4.75. The van der Waals surface area contributed by atoms with Crippen LogP contribution in [0.1, 0.15) is 22.3 Å². The van der Waals surface area contributed by atoms with E-state index in [9.17, 15) is 9.59 Å². The van der Waals surface area contributed by atoms with Gasteiger partial charge in [0.2, 0.25) is 0 Å². The lowest BCUT2D eigenvalue weighted by Crippen LogP contribution is -2.47. The SMILES string of the molecule is O=C(NNC(=O)c1ccc2ccccc2c1)NC1CC1Cc1ccccc1. The monoisotopic (exact) mass is 359 g/mol. The highest BCUT2D eigenvalue weighted by Gasteiger charge is 2.38. The van der Waals surface area contributed by atoms with E-state index < -0.39 is 0 Å². The number of nitrogens with one attached hydrogen (secondary N) is 3. The van der Waals surface area contributed by atoms with Crippen LogP contribution in [0.15, 0.2) is 72.8 Å². The number of hydrogen-bond donors (Lipinski definition) is 3. The molecule has 4 rings (SSSR count). The van der Waals surface area contributed by atoms with Gasteiger partial charge in [0, 0.05) is 11.6 Å². The van der Waals surface area contributed by atoms with Crippen LogP contribution in [0.4, 0.5) is 4.79 Å². The van der Waals surface area contributed by atoms with Crippen molar-refractivity contribution in [1.82, 2.24) is 16.2 Å². The van der Waals surface area contributed by atoms with E-state index in [4.69, 9.17) is 0 Å². The van der Waals surface area contributed by atoms with E-state index in [2.05, 4.69) is 28.3 Å². The Morgan fingerprint density at radius 3 is 2.41 bits per heavy atom. The maximum Gasteiger partial charge on any atom is 0.333 e. The summed E-state index contributed by atoms with van der Waals surface area (Å²) in [5.74, 6) is 0.113. The van der Waals surface area contributed by atoms with Gasteiger partial charge in [0.1, 0.15) is 0 Å².